The smallest absolute Gasteiger partial charge is 0.338 e. The van der Waals surface area contributed by atoms with Crippen LogP contribution in [0.3, 0.4) is 0 Å². The Kier molecular flexibility index (Phi) is 5.78. The number of pyridine rings is 1. The van der Waals surface area contributed by atoms with E-state index in [0.29, 0.717) is 20.6 Å². The van der Waals surface area contributed by atoms with Crippen LogP contribution in [0, 0.1) is 0 Å². The summed E-state index contributed by atoms with van der Waals surface area (Å²) >= 11 is 4.73. The maximum Gasteiger partial charge on any atom is 0.338 e. The molecular formula is C22H18BrN3O3S. The van der Waals surface area contributed by atoms with E-state index in [2.05, 4.69) is 25.9 Å². The minimum atomic E-state index is -0.607. The van der Waals surface area contributed by atoms with E-state index in [-0.39, 0.29) is 12.2 Å². The van der Waals surface area contributed by atoms with E-state index in [1.807, 2.05) is 36.4 Å². The molecular weight excluding hydrogens is 466 g/mol. The second-order valence-corrected chi connectivity index (χ2v) is 8.56. The number of halogens is 1. The summed E-state index contributed by atoms with van der Waals surface area (Å²) in [6.07, 6.45) is 5.17. The van der Waals surface area contributed by atoms with Gasteiger partial charge in [0.2, 0.25) is 0 Å². The lowest BCUT2D eigenvalue weighted by Gasteiger charge is -2.24. The second-order valence-electron chi connectivity index (χ2n) is 6.64. The van der Waals surface area contributed by atoms with Gasteiger partial charge < -0.3 is 4.74 Å². The lowest BCUT2D eigenvalue weighted by molar-refractivity contribution is -0.139. The van der Waals surface area contributed by atoms with Crippen molar-refractivity contribution in [3.8, 4) is 0 Å². The number of nitrogens with zero attached hydrogens (tertiary/aromatic N) is 3. The van der Waals surface area contributed by atoms with Crippen LogP contribution in [-0.2, 0) is 9.53 Å². The highest BCUT2D eigenvalue weighted by molar-refractivity contribution is 9.10. The number of allylic oxidation sites excluding steroid dienone is 1. The molecule has 0 saturated carbocycles. The number of fused-ring (bicyclic) bond motifs is 1. The number of carbonyl (C=O) groups is 1. The highest BCUT2D eigenvalue weighted by Crippen LogP contribution is 2.31. The zero-order chi connectivity index (χ0) is 21.3. The van der Waals surface area contributed by atoms with Crippen molar-refractivity contribution in [2.24, 2.45) is 4.99 Å². The summed E-state index contributed by atoms with van der Waals surface area (Å²) in [7, 11) is 0. The third-order valence-electron chi connectivity index (χ3n) is 4.68. The monoisotopic (exact) mass is 483 g/mol. The molecule has 1 aromatic carbocycles. The predicted molar refractivity (Wildman–Crippen MR) is 119 cm³/mol. The average Bonchev–Trinajstić information content (AvgIpc) is 3.03. The Morgan fingerprint density at radius 3 is 2.73 bits per heavy atom. The van der Waals surface area contributed by atoms with Gasteiger partial charge >= 0.3 is 5.97 Å². The van der Waals surface area contributed by atoms with Gasteiger partial charge in [-0.3, -0.25) is 14.3 Å². The molecule has 0 aliphatic carbocycles. The van der Waals surface area contributed by atoms with Crippen LogP contribution in [0.25, 0.3) is 6.08 Å². The Hall–Kier alpha value is -2.84. The van der Waals surface area contributed by atoms with Crippen LogP contribution in [-0.4, -0.2) is 22.1 Å². The molecule has 1 atom stereocenters. The van der Waals surface area contributed by atoms with E-state index in [1.165, 1.54) is 11.3 Å². The minimum absolute atomic E-state index is 0.204. The summed E-state index contributed by atoms with van der Waals surface area (Å²) in [5, 5.41) is 0. The quantitative estimate of drug-likeness (QED) is 0.534. The third kappa shape index (κ3) is 3.80. The lowest BCUT2D eigenvalue weighted by Crippen LogP contribution is -2.39. The summed E-state index contributed by atoms with van der Waals surface area (Å²) < 4.78 is 8.31. The van der Waals surface area contributed by atoms with E-state index < -0.39 is 12.0 Å². The normalized spacial score (nSPS) is 16.2. The maximum atomic E-state index is 13.4. The van der Waals surface area contributed by atoms with Crippen LogP contribution in [0.5, 0.6) is 0 Å². The van der Waals surface area contributed by atoms with Crippen LogP contribution in [0.2, 0.25) is 0 Å². The Morgan fingerprint density at radius 2 is 2.07 bits per heavy atom. The van der Waals surface area contributed by atoms with Gasteiger partial charge in [-0.25, -0.2) is 9.79 Å². The highest BCUT2D eigenvalue weighted by atomic mass is 79.9. The van der Waals surface area contributed by atoms with Crippen LogP contribution in [0.15, 0.2) is 74.3 Å². The van der Waals surface area contributed by atoms with Crippen molar-refractivity contribution in [3.05, 3.63) is 95.3 Å². The zero-order valence-corrected chi connectivity index (χ0v) is 18.7. The molecule has 0 bridgehead atoms. The molecule has 3 aromatic rings. The second kappa shape index (κ2) is 8.49. The fourth-order valence-corrected chi connectivity index (χ4v) is 4.68. The van der Waals surface area contributed by atoms with Crippen molar-refractivity contribution in [3.63, 3.8) is 0 Å². The van der Waals surface area contributed by atoms with Crippen LogP contribution < -0.4 is 14.9 Å². The Balaban J connectivity index is 1.96. The molecule has 1 aliphatic rings. The molecule has 6 nitrogen and oxygen atoms in total. The summed E-state index contributed by atoms with van der Waals surface area (Å²) in [6.45, 7) is 3.77. The first-order valence-electron chi connectivity index (χ1n) is 9.34. The lowest BCUT2D eigenvalue weighted by atomic mass is 9.96. The average molecular weight is 484 g/mol. The molecule has 2 aromatic heterocycles. The topological polar surface area (TPSA) is 73.6 Å². The number of hydrogen-bond acceptors (Lipinski definition) is 6. The van der Waals surface area contributed by atoms with Crippen molar-refractivity contribution < 1.29 is 9.53 Å². The fourth-order valence-electron chi connectivity index (χ4n) is 3.36. The molecule has 0 radical (unpaired) electrons. The van der Waals surface area contributed by atoms with Crippen LogP contribution in [0.4, 0.5) is 0 Å². The largest absolute Gasteiger partial charge is 0.463 e. The van der Waals surface area contributed by atoms with E-state index in [1.54, 1.807) is 36.9 Å². The molecule has 0 fully saturated rings. The molecule has 1 aliphatic heterocycles. The van der Waals surface area contributed by atoms with Gasteiger partial charge in [0.15, 0.2) is 4.80 Å². The van der Waals surface area contributed by atoms with Crippen LogP contribution in [0.1, 0.15) is 31.0 Å². The number of aromatic nitrogens is 2. The Labute approximate surface area is 185 Å². The summed E-state index contributed by atoms with van der Waals surface area (Å²) in [6, 6.07) is 10.7. The van der Waals surface area contributed by atoms with Crippen molar-refractivity contribution in [1.82, 2.24) is 9.55 Å². The molecule has 30 heavy (non-hydrogen) atoms. The van der Waals surface area contributed by atoms with Gasteiger partial charge in [0.1, 0.15) is 0 Å². The van der Waals surface area contributed by atoms with Gasteiger partial charge in [-0.05, 0) is 49.2 Å². The van der Waals surface area contributed by atoms with Crippen molar-refractivity contribution >= 4 is 39.3 Å². The van der Waals surface area contributed by atoms with Crippen LogP contribution >= 0.6 is 27.3 Å². The van der Waals surface area contributed by atoms with E-state index in [4.69, 9.17) is 4.74 Å². The molecule has 0 spiro atoms. The molecule has 3 heterocycles. The molecule has 0 N–H and O–H groups in total. The van der Waals surface area contributed by atoms with Crippen molar-refractivity contribution in [2.45, 2.75) is 19.9 Å². The number of thiazole rings is 1. The fraction of sp³-hybridized carbons (Fsp3) is 0.182. The molecule has 8 heteroatoms. The third-order valence-corrected chi connectivity index (χ3v) is 6.20. The van der Waals surface area contributed by atoms with E-state index in [0.717, 1.165) is 15.6 Å². The number of rotatable bonds is 4. The highest BCUT2D eigenvalue weighted by Gasteiger charge is 2.33. The number of ether oxygens (including phenoxy) is 1. The zero-order valence-electron chi connectivity index (χ0n) is 16.3. The Bertz CT molecular complexity index is 1310. The number of esters is 1. The first-order valence-corrected chi connectivity index (χ1v) is 11.0. The summed E-state index contributed by atoms with van der Waals surface area (Å²) in [5.74, 6) is -0.465. The summed E-state index contributed by atoms with van der Waals surface area (Å²) in [5.41, 5.74) is 2.36. The molecule has 0 saturated heterocycles. The minimum Gasteiger partial charge on any atom is -0.463 e. The van der Waals surface area contributed by atoms with Gasteiger partial charge in [-0.1, -0.05) is 45.5 Å². The van der Waals surface area contributed by atoms with E-state index in [9.17, 15) is 9.59 Å². The molecule has 152 valence electrons. The molecule has 4 rings (SSSR count). The molecule has 0 amide bonds. The first kappa shape index (κ1) is 20.4. The number of hydrogen-bond donors (Lipinski definition) is 0. The van der Waals surface area contributed by atoms with Crippen molar-refractivity contribution in [1.29, 1.82) is 0 Å². The van der Waals surface area contributed by atoms with E-state index >= 15 is 0 Å². The maximum absolute atomic E-state index is 13.4. The van der Waals surface area contributed by atoms with Gasteiger partial charge in [-0.2, -0.15) is 0 Å². The van der Waals surface area contributed by atoms with Gasteiger partial charge in [0, 0.05) is 16.9 Å². The standard InChI is InChI=1S/C22H18BrN3O3S/c1-3-29-21(28)18-13(2)25-22-26(19(18)15-6-8-16(23)9-7-15)20(27)17(30-22)11-14-5-4-10-24-12-14/h4-12,19H,3H2,1-2H3/b17-11+/t19-/m1/s1. The predicted octanol–water partition coefficient (Wildman–Crippen LogP) is 2.96. The van der Waals surface area contributed by atoms with Crippen molar-refractivity contribution in [2.75, 3.05) is 6.61 Å². The molecule has 0 unspecified atom stereocenters. The first-order chi connectivity index (χ1) is 14.5. The number of benzene rings is 1. The van der Waals surface area contributed by atoms with Gasteiger partial charge in [0.05, 0.1) is 28.5 Å². The number of carbonyl (C=O) groups excluding carboxylic acids is 1. The summed E-state index contributed by atoms with van der Waals surface area (Å²) in [4.78, 5) is 35.4. The van der Waals surface area contributed by atoms with Gasteiger partial charge in [0.25, 0.3) is 5.56 Å². The SMILES string of the molecule is CCOC(=O)C1=C(C)N=c2s/c(=C/c3cccnc3)c(=O)n2[C@@H]1c1ccc(Br)cc1. The Morgan fingerprint density at radius 1 is 1.30 bits per heavy atom. The van der Waals surface area contributed by atoms with Gasteiger partial charge in [-0.15, -0.1) is 0 Å².